The Kier molecular flexibility index (Phi) is 4.47. The molecule has 1 aromatic heterocycles. The molecule has 2 aromatic carbocycles. The molecule has 0 bridgehead atoms. The molecule has 5 nitrogen and oxygen atoms in total. The third-order valence-corrected chi connectivity index (χ3v) is 5.58. The molecule has 0 spiro atoms. The Bertz CT molecular complexity index is 949. The summed E-state index contributed by atoms with van der Waals surface area (Å²) in [5.41, 5.74) is 0.704. The molecule has 0 N–H and O–H groups in total. The zero-order valence-corrected chi connectivity index (χ0v) is 15.5. The molecule has 3 aromatic rings. The van der Waals surface area contributed by atoms with Crippen LogP contribution < -0.4 is 4.90 Å². The van der Waals surface area contributed by atoms with Crippen LogP contribution in [-0.2, 0) is 9.84 Å². The molecule has 1 heterocycles. The molecule has 0 unspecified atom stereocenters. The van der Waals surface area contributed by atoms with Crippen LogP contribution in [0.15, 0.2) is 73.4 Å². The first kappa shape index (κ1) is 16.7. The Morgan fingerprint density at radius 2 is 1.62 bits per heavy atom. The standard InChI is InChI=1S/C17H15BrN2O3S/c1-20(2)17-16(24(21,22)14-6-4-3-5-7-14)19-15(23-17)12-8-10-13(18)11-9-12/h3-11H,1-2H3. The molecule has 0 radical (unpaired) electrons. The van der Waals surface area contributed by atoms with E-state index in [1.807, 2.05) is 24.3 Å². The van der Waals surface area contributed by atoms with Crippen molar-refractivity contribution in [3.63, 3.8) is 0 Å². The summed E-state index contributed by atoms with van der Waals surface area (Å²) in [6.45, 7) is 0. The highest BCUT2D eigenvalue weighted by atomic mass is 79.9. The van der Waals surface area contributed by atoms with Gasteiger partial charge in [0.2, 0.25) is 26.6 Å². The van der Waals surface area contributed by atoms with E-state index in [9.17, 15) is 8.42 Å². The Hall–Kier alpha value is -2.12. The van der Waals surface area contributed by atoms with Crippen LogP contribution in [0.4, 0.5) is 5.88 Å². The van der Waals surface area contributed by atoms with E-state index in [0.29, 0.717) is 5.56 Å². The van der Waals surface area contributed by atoms with Gasteiger partial charge in [-0.1, -0.05) is 34.1 Å². The number of rotatable bonds is 4. The van der Waals surface area contributed by atoms with Gasteiger partial charge in [-0.2, -0.15) is 4.98 Å². The maximum Gasteiger partial charge on any atom is 0.235 e. The number of hydrogen-bond donors (Lipinski definition) is 0. The molecule has 0 saturated carbocycles. The van der Waals surface area contributed by atoms with Gasteiger partial charge in [-0.05, 0) is 36.4 Å². The fourth-order valence-electron chi connectivity index (χ4n) is 2.18. The second-order valence-electron chi connectivity index (χ2n) is 5.35. The second-order valence-corrected chi connectivity index (χ2v) is 8.13. The largest absolute Gasteiger partial charge is 0.419 e. The Labute approximate surface area is 149 Å². The van der Waals surface area contributed by atoms with Crippen molar-refractivity contribution in [2.45, 2.75) is 9.92 Å². The summed E-state index contributed by atoms with van der Waals surface area (Å²) < 4.78 is 32.5. The number of sulfone groups is 1. The summed E-state index contributed by atoms with van der Waals surface area (Å²) in [6, 6.07) is 15.5. The molecular formula is C17H15BrN2O3S. The highest BCUT2D eigenvalue weighted by molar-refractivity contribution is 9.10. The van der Waals surface area contributed by atoms with Gasteiger partial charge in [0.25, 0.3) is 0 Å². The maximum atomic E-state index is 12.9. The van der Waals surface area contributed by atoms with E-state index in [1.165, 1.54) is 0 Å². The quantitative estimate of drug-likeness (QED) is 0.654. The molecule has 7 heteroatoms. The van der Waals surface area contributed by atoms with Crippen molar-refractivity contribution >= 4 is 31.7 Å². The number of anilines is 1. The van der Waals surface area contributed by atoms with Crippen molar-refractivity contribution < 1.29 is 12.8 Å². The van der Waals surface area contributed by atoms with Crippen LogP contribution in [0.2, 0.25) is 0 Å². The lowest BCUT2D eigenvalue weighted by atomic mass is 10.2. The number of nitrogens with zero attached hydrogens (tertiary/aromatic N) is 2. The van der Waals surface area contributed by atoms with Crippen molar-refractivity contribution in [3.05, 3.63) is 59.1 Å². The van der Waals surface area contributed by atoms with E-state index in [2.05, 4.69) is 20.9 Å². The number of benzene rings is 2. The van der Waals surface area contributed by atoms with Crippen molar-refractivity contribution in [2.24, 2.45) is 0 Å². The molecule has 0 aliphatic carbocycles. The average Bonchev–Trinajstić information content (AvgIpc) is 3.03. The van der Waals surface area contributed by atoms with Gasteiger partial charge in [0.15, 0.2) is 0 Å². The molecule has 124 valence electrons. The highest BCUT2D eigenvalue weighted by Gasteiger charge is 2.29. The molecular weight excluding hydrogens is 392 g/mol. The second kappa shape index (κ2) is 6.41. The van der Waals surface area contributed by atoms with Gasteiger partial charge in [0, 0.05) is 24.1 Å². The van der Waals surface area contributed by atoms with Crippen molar-refractivity contribution in [1.82, 2.24) is 4.98 Å². The normalized spacial score (nSPS) is 11.5. The van der Waals surface area contributed by atoms with Crippen molar-refractivity contribution in [1.29, 1.82) is 0 Å². The van der Waals surface area contributed by atoms with E-state index in [4.69, 9.17) is 4.42 Å². The Morgan fingerprint density at radius 1 is 1.00 bits per heavy atom. The minimum atomic E-state index is -3.77. The zero-order chi connectivity index (χ0) is 17.3. The maximum absolute atomic E-state index is 12.9. The lowest BCUT2D eigenvalue weighted by molar-refractivity contribution is 0.564. The summed E-state index contributed by atoms with van der Waals surface area (Å²) in [7, 11) is -0.329. The van der Waals surface area contributed by atoms with Gasteiger partial charge in [-0.3, -0.25) is 0 Å². The molecule has 24 heavy (non-hydrogen) atoms. The zero-order valence-electron chi connectivity index (χ0n) is 13.1. The molecule has 0 amide bonds. The molecule has 0 saturated heterocycles. The third kappa shape index (κ3) is 3.09. The average molecular weight is 407 g/mol. The first-order valence-corrected chi connectivity index (χ1v) is 9.41. The van der Waals surface area contributed by atoms with Gasteiger partial charge in [-0.25, -0.2) is 8.42 Å². The van der Waals surface area contributed by atoms with Crippen molar-refractivity contribution in [2.75, 3.05) is 19.0 Å². The van der Waals surface area contributed by atoms with Crippen LogP contribution >= 0.6 is 15.9 Å². The third-order valence-electron chi connectivity index (χ3n) is 3.38. The molecule has 0 fully saturated rings. The van der Waals surface area contributed by atoms with Gasteiger partial charge < -0.3 is 9.32 Å². The highest BCUT2D eigenvalue weighted by Crippen LogP contribution is 2.33. The van der Waals surface area contributed by atoms with Crippen LogP contribution in [0.5, 0.6) is 0 Å². The van der Waals surface area contributed by atoms with Crippen LogP contribution in [0, 0.1) is 0 Å². The van der Waals surface area contributed by atoms with E-state index in [1.54, 1.807) is 49.3 Å². The monoisotopic (exact) mass is 406 g/mol. The van der Waals surface area contributed by atoms with Crippen LogP contribution in [0.3, 0.4) is 0 Å². The lowest BCUT2D eigenvalue weighted by Crippen LogP contribution is -2.13. The van der Waals surface area contributed by atoms with Crippen LogP contribution in [0.1, 0.15) is 0 Å². The Balaban J connectivity index is 2.16. The Morgan fingerprint density at radius 3 is 2.21 bits per heavy atom. The van der Waals surface area contributed by atoms with Gasteiger partial charge in [0.05, 0.1) is 4.90 Å². The smallest absolute Gasteiger partial charge is 0.235 e. The fourth-order valence-corrected chi connectivity index (χ4v) is 3.84. The number of halogens is 1. The number of aromatic nitrogens is 1. The number of oxazole rings is 1. The summed E-state index contributed by atoms with van der Waals surface area (Å²) in [5, 5.41) is -0.0865. The van der Waals surface area contributed by atoms with E-state index < -0.39 is 9.84 Å². The topological polar surface area (TPSA) is 63.4 Å². The predicted octanol–water partition coefficient (Wildman–Crippen LogP) is 4.00. The summed E-state index contributed by atoms with van der Waals surface area (Å²) in [5.74, 6) is 0.470. The molecule has 0 atom stereocenters. The molecule has 0 aliphatic heterocycles. The summed E-state index contributed by atoms with van der Waals surface area (Å²) >= 11 is 3.37. The van der Waals surface area contributed by atoms with Gasteiger partial charge in [-0.15, -0.1) is 0 Å². The molecule has 3 rings (SSSR count). The van der Waals surface area contributed by atoms with Gasteiger partial charge in [0.1, 0.15) is 0 Å². The summed E-state index contributed by atoms with van der Waals surface area (Å²) in [6.07, 6.45) is 0. The minimum Gasteiger partial charge on any atom is -0.419 e. The SMILES string of the molecule is CN(C)c1oc(-c2ccc(Br)cc2)nc1S(=O)(=O)c1ccccc1. The predicted molar refractivity (Wildman–Crippen MR) is 95.9 cm³/mol. The lowest BCUT2D eigenvalue weighted by Gasteiger charge is -2.09. The first-order chi connectivity index (χ1) is 11.4. The summed E-state index contributed by atoms with van der Waals surface area (Å²) in [4.78, 5) is 6.05. The minimum absolute atomic E-state index is 0.0865. The molecule has 0 aliphatic rings. The van der Waals surface area contributed by atoms with E-state index in [-0.39, 0.29) is 21.7 Å². The fraction of sp³-hybridized carbons (Fsp3) is 0.118. The van der Waals surface area contributed by atoms with E-state index >= 15 is 0 Å². The van der Waals surface area contributed by atoms with Crippen LogP contribution in [-0.4, -0.2) is 27.5 Å². The van der Waals surface area contributed by atoms with Gasteiger partial charge >= 0.3 is 0 Å². The van der Waals surface area contributed by atoms with E-state index in [0.717, 1.165) is 4.47 Å². The first-order valence-electron chi connectivity index (χ1n) is 7.14. The van der Waals surface area contributed by atoms with Crippen LogP contribution in [0.25, 0.3) is 11.5 Å². The number of hydrogen-bond acceptors (Lipinski definition) is 5. The van der Waals surface area contributed by atoms with Crippen molar-refractivity contribution in [3.8, 4) is 11.5 Å².